The second-order valence-electron chi connectivity index (χ2n) is 8.31. The molecule has 2 aromatic rings. The molecule has 1 saturated heterocycles. The molecule has 0 radical (unpaired) electrons. The Kier molecular flexibility index (Phi) is 4.68. The molecule has 2 heterocycles. The zero-order valence-corrected chi connectivity index (χ0v) is 17.0. The van der Waals surface area contributed by atoms with E-state index in [1.807, 2.05) is 24.0 Å². The second kappa shape index (κ2) is 7.28. The molecular weight excluding hydrogens is 407 g/mol. The third-order valence-electron chi connectivity index (χ3n) is 6.00. The molecule has 1 aliphatic carbocycles. The number of halogens is 3. The quantitative estimate of drug-likeness (QED) is 0.652. The van der Waals surface area contributed by atoms with Crippen molar-refractivity contribution in [2.45, 2.75) is 32.0 Å². The molecule has 5 rings (SSSR count). The minimum atomic E-state index is -4.46. The average molecular weight is 429 g/mol. The van der Waals surface area contributed by atoms with Crippen LogP contribution in [0.1, 0.15) is 30.9 Å². The highest BCUT2D eigenvalue weighted by Crippen LogP contribution is 2.42. The van der Waals surface area contributed by atoms with Crippen LogP contribution in [0.25, 0.3) is 0 Å². The van der Waals surface area contributed by atoms with Crippen LogP contribution in [-0.2, 0) is 11.0 Å². The third kappa shape index (κ3) is 3.75. The molecule has 0 aromatic heterocycles. The van der Waals surface area contributed by atoms with Gasteiger partial charge in [0.1, 0.15) is 17.3 Å². The lowest BCUT2D eigenvalue weighted by Crippen LogP contribution is -2.56. The predicted octanol–water partition coefficient (Wildman–Crippen LogP) is 4.83. The molecule has 1 amide bonds. The smallest absolute Gasteiger partial charge is 0.416 e. The molecule has 3 aliphatic rings. The Hall–Kier alpha value is -3.03. The fourth-order valence-corrected chi connectivity index (χ4v) is 4.18. The maximum Gasteiger partial charge on any atom is 0.416 e. The third-order valence-corrected chi connectivity index (χ3v) is 6.00. The largest absolute Gasteiger partial charge is 0.454 e. The number of hydrogen-bond donors (Lipinski definition) is 0. The fourth-order valence-electron chi connectivity index (χ4n) is 4.18. The SMILES string of the molecule is C[C@H]1CN(C2=Nc3ccc(C(F)(F)F)cc3Oc3ccccc32)CCN1C(=O)C1CC1. The van der Waals surface area contributed by atoms with E-state index in [1.54, 1.807) is 12.1 Å². The summed E-state index contributed by atoms with van der Waals surface area (Å²) in [5, 5.41) is 0. The van der Waals surface area contributed by atoms with Crippen molar-refractivity contribution in [1.82, 2.24) is 9.80 Å². The monoisotopic (exact) mass is 429 g/mol. The van der Waals surface area contributed by atoms with Crippen LogP contribution in [0.3, 0.4) is 0 Å². The Balaban J connectivity index is 1.50. The number of fused-ring (bicyclic) bond motifs is 2. The molecule has 31 heavy (non-hydrogen) atoms. The van der Waals surface area contributed by atoms with Crippen molar-refractivity contribution in [3.8, 4) is 11.5 Å². The van der Waals surface area contributed by atoms with Gasteiger partial charge in [-0.1, -0.05) is 12.1 Å². The molecule has 1 saturated carbocycles. The van der Waals surface area contributed by atoms with Gasteiger partial charge in [-0.3, -0.25) is 4.79 Å². The summed E-state index contributed by atoms with van der Waals surface area (Å²) < 4.78 is 45.5. The lowest BCUT2D eigenvalue weighted by Gasteiger charge is -2.41. The number of para-hydroxylation sites is 1. The molecule has 5 nitrogen and oxygen atoms in total. The number of nitrogens with zero attached hydrogens (tertiary/aromatic N) is 3. The fraction of sp³-hybridized carbons (Fsp3) is 0.391. The van der Waals surface area contributed by atoms with Gasteiger partial charge in [-0.2, -0.15) is 13.2 Å². The van der Waals surface area contributed by atoms with Gasteiger partial charge in [-0.05, 0) is 50.1 Å². The molecule has 1 atom stereocenters. The Bertz CT molecular complexity index is 1060. The van der Waals surface area contributed by atoms with Crippen LogP contribution < -0.4 is 4.74 Å². The van der Waals surface area contributed by atoms with E-state index in [0.717, 1.165) is 30.5 Å². The average Bonchev–Trinajstić information content (AvgIpc) is 3.58. The molecule has 2 aromatic carbocycles. The van der Waals surface area contributed by atoms with Crippen molar-refractivity contribution in [1.29, 1.82) is 0 Å². The number of ether oxygens (including phenoxy) is 1. The van der Waals surface area contributed by atoms with Crippen LogP contribution in [0.4, 0.5) is 18.9 Å². The van der Waals surface area contributed by atoms with E-state index in [2.05, 4.69) is 4.90 Å². The van der Waals surface area contributed by atoms with Crippen LogP contribution >= 0.6 is 0 Å². The Morgan fingerprint density at radius 1 is 1.10 bits per heavy atom. The number of amidine groups is 1. The summed E-state index contributed by atoms with van der Waals surface area (Å²) in [5.41, 5.74) is 0.299. The number of rotatable bonds is 1. The maximum absolute atomic E-state index is 13.2. The molecule has 0 spiro atoms. The summed E-state index contributed by atoms with van der Waals surface area (Å²) >= 11 is 0. The molecule has 162 valence electrons. The van der Waals surface area contributed by atoms with Gasteiger partial charge >= 0.3 is 6.18 Å². The van der Waals surface area contributed by atoms with Crippen molar-refractivity contribution < 1.29 is 22.7 Å². The van der Waals surface area contributed by atoms with Crippen molar-refractivity contribution in [3.05, 3.63) is 53.6 Å². The molecule has 2 fully saturated rings. The van der Waals surface area contributed by atoms with Gasteiger partial charge in [0, 0.05) is 31.6 Å². The summed E-state index contributed by atoms with van der Waals surface area (Å²) in [7, 11) is 0. The Morgan fingerprint density at radius 2 is 1.87 bits per heavy atom. The standard InChI is InChI=1S/C23H22F3N3O2/c1-14-13-28(10-11-29(14)22(30)15-6-7-15)21-17-4-2-3-5-19(17)31-20-12-16(23(24,25)26)8-9-18(20)27-21/h2-5,8-9,12,14-15H,6-7,10-11,13H2,1H3/t14-/m0/s1. The first kappa shape index (κ1) is 19.9. The molecule has 0 N–H and O–H groups in total. The second-order valence-corrected chi connectivity index (χ2v) is 8.31. The van der Waals surface area contributed by atoms with E-state index >= 15 is 0 Å². The number of alkyl halides is 3. The van der Waals surface area contributed by atoms with E-state index in [4.69, 9.17) is 9.73 Å². The van der Waals surface area contributed by atoms with Crippen LogP contribution in [0.5, 0.6) is 11.5 Å². The van der Waals surface area contributed by atoms with E-state index in [0.29, 0.717) is 36.9 Å². The zero-order valence-electron chi connectivity index (χ0n) is 17.0. The number of carbonyl (C=O) groups excluding carboxylic acids is 1. The normalized spacial score (nSPS) is 20.9. The first-order chi connectivity index (χ1) is 14.8. The molecular formula is C23H22F3N3O2. The highest BCUT2D eigenvalue weighted by Gasteiger charge is 2.38. The number of amides is 1. The molecule has 2 aliphatic heterocycles. The van der Waals surface area contributed by atoms with E-state index in [1.165, 1.54) is 6.07 Å². The maximum atomic E-state index is 13.2. The number of benzene rings is 2. The van der Waals surface area contributed by atoms with Crippen LogP contribution in [-0.4, -0.2) is 47.2 Å². The highest BCUT2D eigenvalue weighted by atomic mass is 19.4. The first-order valence-electron chi connectivity index (χ1n) is 10.4. The van der Waals surface area contributed by atoms with E-state index in [9.17, 15) is 18.0 Å². The van der Waals surface area contributed by atoms with Gasteiger partial charge < -0.3 is 14.5 Å². The summed E-state index contributed by atoms with van der Waals surface area (Å²) in [6.45, 7) is 3.82. The number of aliphatic imine (C=N–C) groups is 1. The van der Waals surface area contributed by atoms with Gasteiger partial charge in [0.2, 0.25) is 5.91 Å². The minimum absolute atomic E-state index is 0.0213. The predicted molar refractivity (Wildman–Crippen MR) is 110 cm³/mol. The minimum Gasteiger partial charge on any atom is -0.454 e. The van der Waals surface area contributed by atoms with Gasteiger partial charge in [-0.15, -0.1) is 0 Å². The zero-order chi connectivity index (χ0) is 21.8. The van der Waals surface area contributed by atoms with Crippen LogP contribution in [0.2, 0.25) is 0 Å². The lowest BCUT2D eigenvalue weighted by atomic mass is 10.1. The first-order valence-corrected chi connectivity index (χ1v) is 10.4. The van der Waals surface area contributed by atoms with E-state index < -0.39 is 11.7 Å². The summed E-state index contributed by atoms with van der Waals surface area (Å²) in [6.07, 6.45) is -2.52. The highest BCUT2D eigenvalue weighted by molar-refractivity contribution is 6.04. The Morgan fingerprint density at radius 3 is 2.58 bits per heavy atom. The number of carbonyl (C=O) groups is 1. The van der Waals surface area contributed by atoms with Crippen LogP contribution in [0, 0.1) is 5.92 Å². The van der Waals surface area contributed by atoms with Crippen molar-refractivity contribution in [2.75, 3.05) is 19.6 Å². The molecule has 0 unspecified atom stereocenters. The van der Waals surface area contributed by atoms with Crippen LogP contribution in [0.15, 0.2) is 47.5 Å². The Labute approximate surface area is 178 Å². The summed E-state index contributed by atoms with van der Waals surface area (Å²) in [4.78, 5) is 21.3. The van der Waals surface area contributed by atoms with Gasteiger partial charge in [0.05, 0.1) is 11.1 Å². The molecule has 0 bridgehead atoms. The van der Waals surface area contributed by atoms with E-state index in [-0.39, 0.29) is 23.6 Å². The number of hydrogen-bond acceptors (Lipinski definition) is 4. The summed E-state index contributed by atoms with van der Waals surface area (Å²) in [5.74, 6) is 1.59. The van der Waals surface area contributed by atoms with Crippen molar-refractivity contribution in [2.24, 2.45) is 10.9 Å². The van der Waals surface area contributed by atoms with Crippen molar-refractivity contribution in [3.63, 3.8) is 0 Å². The summed E-state index contributed by atoms with van der Waals surface area (Å²) in [6, 6.07) is 10.6. The van der Waals surface area contributed by atoms with Crippen molar-refractivity contribution >= 4 is 17.4 Å². The van der Waals surface area contributed by atoms with Gasteiger partial charge in [0.25, 0.3) is 0 Å². The van der Waals surface area contributed by atoms with Gasteiger partial charge in [0.15, 0.2) is 5.75 Å². The lowest BCUT2D eigenvalue weighted by molar-refractivity contribution is -0.138. The number of piperazine rings is 1. The topological polar surface area (TPSA) is 45.1 Å². The molecule has 8 heteroatoms. The van der Waals surface area contributed by atoms with Gasteiger partial charge in [-0.25, -0.2) is 4.99 Å².